The molecule has 1 aliphatic heterocycles. The summed E-state index contributed by atoms with van der Waals surface area (Å²) in [6.45, 7) is 1.28. The largest absolute Gasteiger partial charge is 0.347 e. The highest BCUT2D eigenvalue weighted by Gasteiger charge is 2.40. The molecule has 13 heavy (non-hydrogen) atoms. The maximum absolute atomic E-state index is 5.87. The molecule has 2 aliphatic rings. The van der Waals surface area contributed by atoms with E-state index in [1.165, 1.54) is 25.7 Å². The molecule has 1 saturated carbocycles. The summed E-state index contributed by atoms with van der Waals surface area (Å²) in [6, 6.07) is 0. The van der Waals surface area contributed by atoms with Gasteiger partial charge < -0.3 is 15.2 Å². The summed E-state index contributed by atoms with van der Waals surface area (Å²) in [5.41, 5.74) is 5.56. The predicted molar refractivity (Wildman–Crippen MR) is 50.3 cm³/mol. The van der Waals surface area contributed by atoms with Crippen LogP contribution in [0.3, 0.4) is 0 Å². The van der Waals surface area contributed by atoms with Crippen molar-refractivity contribution in [3.05, 3.63) is 0 Å². The second-order valence-corrected chi connectivity index (χ2v) is 4.11. The fourth-order valence-electron chi connectivity index (χ4n) is 2.26. The second-order valence-electron chi connectivity index (χ2n) is 4.11. The fraction of sp³-hybridized carbons (Fsp3) is 1.00. The summed E-state index contributed by atoms with van der Waals surface area (Å²) >= 11 is 0. The first-order valence-corrected chi connectivity index (χ1v) is 5.36. The molecule has 2 fully saturated rings. The van der Waals surface area contributed by atoms with Crippen LogP contribution in [0.15, 0.2) is 0 Å². The molecule has 1 heterocycles. The molecular formula is C10H19NO2. The van der Waals surface area contributed by atoms with Gasteiger partial charge in [0.15, 0.2) is 5.79 Å². The minimum absolute atomic E-state index is 0.137. The van der Waals surface area contributed by atoms with Crippen molar-refractivity contribution in [3.8, 4) is 0 Å². The average molecular weight is 185 g/mol. The molecule has 1 spiro atoms. The lowest BCUT2D eigenvalue weighted by atomic mass is 10.1. The van der Waals surface area contributed by atoms with Crippen molar-refractivity contribution >= 4 is 0 Å². The molecular weight excluding hydrogens is 166 g/mol. The van der Waals surface area contributed by atoms with E-state index in [9.17, 15) is 0 Å². The highest BCUT2D eigenvalue weighted by Crippen LogP contribution is 2.36. The van der Waals surface area contributed by atoms with Crippen LogP contribution in [-0.2, 0) is 9.47 Å². The van der Waals surface area contributed by atoms with Crippen LogP contribution in [0.2, 0.25) is 0 Å². The zero-order valence-corrected chi connectivity index (χ0v) is 8.13. The molecule has 0 unspecified atom stereocenters. The van der Waals surface area contributed by atoms with Crippen LogP contribution >= 0.6 is 0 Å². The van der Waals surface area contributed by atoms with Crippen molar-refractivity contribution in [3.63, 3.8) is 0 Å². The Morgan fingerprint density at radius 1 is 1.15 bits per heavy atom. The summed E-state index contributed by atoms with van der Waals surface area (Å²) in [5.74, 6) is -0.249. The summed E-state index contributed by atoms with van der Waals surface area (Å²) in [7, 11) is 0. The molecule has 0 radical (unpaired) electrons. The van der Waals surface area contributed by atoms with E-state index in [2.05, 4.69) is 0 Å². The summed E-state index contributed by atoms with van der Waals surface area (Å²) in [6.07, 6.45) is 7.36. The molecule has 0 aromatic heterocycles. The van der Waals surface area contributed by atoms with Gasteiger partial charge in [-0.1, -0.05) is 12.8 Å². The molecule has 0 amide bonds. The van der Waals surface area contributed by atoms with Gasteiger partial charge in [-0.2, -0.15) is 0 Å². The van der Waals surface area contributed by atoms with Crippen molar-refractivity contribution < 1.29 is 9.47 Å². The normalized spacial score (nSPS) is 33.5. The fourth-order valence-corrected chi connectivity index (χ4v) is 2.26. The number of hydrogen-bond donors (Lipinski definition) is 1. The Balaban J connectivity index is 1.95. The molecule has 2 rings (SSSR count). The Morgan fingerprint density at radius 2 is 1.85 bits per heavy atom. The summed E-state index contributed by atoms with van der Waals surface area (Å²) in [4.78, 5) is 0. The van der Waals surface area contributed by atoms with Crippen molar-refractivity contribution in [2.75, 3.05) is 13.2 Å². The van der Waals surface area contributed by atoms with E-state index in [0.29, 0.717) is 13.2 Å². The zero-order chi connectivity index (χ0) is 9.15. The molecule has 1 atom stereocenters. The van der Waals surface area contributed by atoms with Crippen molar-refractivity contribution in [1.29, 1.82) is 0 Å². The second kappa shape index (κ2) is 3.95. The quantitative estimate of drug-likeness (QED) is 0.671. The molecule has 0 bridgehead atoms. The van der Waals surface area contributed by atoms with Crippen LogP contribution in [0.4, 0.5) is 0 Å². The van der Waals surface area contributed by atoms with Crippen LogP contribution in [0.25, 0.3) is 0 Å². The Morgan fingerprint density at radius 3 is 2.38 bits per heavy atom. The van der Waals surface area contributed by atoms with Crippen molar-refractivity contribution in [1.82, 2.24) is 0 Å². The van der Waals surface area contributed by atoms with Gasteiger partial charge in [0, 0.05) is 19.4 Å². The molecule has 0 aromatic carbocycles. The van der Waals surface area contributed by atoms with Gasteiger partial charge in [-0.15, -0.1) is 0 Å². The van der Waals surface area contributed by atoms with E-state index in [0.717, 1.165) is 12.8 Å². The number of ether oxygens (including phenoxy) is 2. The van der Waals surface area contributed by atoms with Crippen molar-refractivity contribution in [2.24, 2.45) is 5.73 Å². The first-order valence-electron chi connectivity index (χ1n) is 5.36. The Labute approximate surface area is 79.6 Å². The monoisotopic (exact) mass is 185 g/mol. The summed E-state index contributed by atoms with van der Waals surface area (Å²) < 4.78 is 11.6. The molecule has 76 valence electrons. The minimum Gasteiger partial charge on any atom is -0.347 e. The van der Waals surface area contributed by atoms with Crippen LogP contribution < -0.4 is 5.73 Å². The van der Waals surface area contributed by atoms with Gasteiger partial charge in [-0.25, -0.2) is 0 Å². The molecule has 1 aliphatic carbocycles. The van der Waals surface area contributed by atoms with Crippen LogP contribution in [0.1, 0.15) is 38.5 Å². The van der Waals surface area contributed by atoms with E-state index < -0.39 is 0 Å². The standard InChI is InChI=1S/C10H19NO2/c11-7-9-8-12-10(13-9)5-3-1-2-4-6-10/h9H,1-8,11H2/t9-/m0/s1. The Kier molecular flexibility index (Phi) is 2.86. The number of rotatable bonds is 1. The molecule has 2 N–H and O–H groups in total. The van der Waals surface area contributed by atoms with Gasteiger partial charge in [0.1, 0.15) is 0 Å². The van der Waals surface area contributed by atoms with Crippen LogP contribution in [0, 0.1) is 0 Å². The highest BCUT2D eigenvalue weighted by molar-refractivity contribution is 4.81. The predicted octanol–water partition coefficient (Wildman–Crippen LogP) is 1.41. The first-order chi connectivity index (χ1) is 6.35. The van der Waals surface area contributed by atoms with Gasteiger partial charge in [-0.05, 0) is 12.8 Å². The average Bonchev–Trinajstić information content (AvgIpc) is 2.40. The van der Waals surface area contributed by atoms with E-state index in [-0.39, 0.29) is 11.9 Å². The minimum atomic E-state index is -0.249. The number of hydrogen-bond acceptors (Lipinski definition) is 3. The van der Waals surface area contributed by atoms with Crippen molar-refractivity contribution in [2.45, 2.75) is 50.4 Å². The molecule has 3 nitrogen and oxygen atoms in total. The highest BCUT2D eigenvalue weighted by atomic mass is 16.7. The third-order valence-electron chi connectivity index (χ3n) is 3.04. The van der Waals surface area contributed by atoms with E-state index in [1.807, 2.05) is 0 Å². The van der Waals surface area contributed by atoms with E-state index in [4.69, 9.17) is 15.2 Å². The number of nitrogens with two attached hydrogens (primary N) is 1. The Hall–Kier alpha value is -0.120. The topological polar surface area (TPSA) is 44.5 Å². The first kappa shape index (κ1) is 9.44. The van der Waals surface area contributed by atoms with Gasteiger partial charge >= 0.3 is 0 Å². The smallest absolute Gasteiger partial charge is 0.168 e. The van der Waals surface area contributed by atoms with E-state index >= 15 is 0 Å². The molecule has 1 saturated heterocycles. The lowest BCUT2D eigenvalue weighted by Gasteiger charge is -2.26. The van der Waals surface area contributed by atoms with Gasteiger partial charge in [0.2, 0.25) is 0 Å². The lowest BCUT2D eigenvalue weighted by molar-refractivity contribution is -0.175. The maximum Gasteiger partial charge on any atom is 0.168 e. The maximum atomic E-state index is 5.87. The van der Waals surface area contributed by atoms with Gasteiger partial charge in [0.05, 0.1) is 12.7 Å². The third kappa shape index (κ3) is 2.03. The zero-order valence-electron chi connectivity index (χ0n) is 8.13. The summed E-state index contributed by atoms with van der Waals surface area (Å²) in [5, 5.41) is 0. The Bertz CT molecular complexity index is 164. The molecule has 0 aromatic rings. The lowest BCUT2D eigenvalue weighted by Crippen LogP contribution is -2.31. The van der Waals surface area contributed by atoms with E-state index in [1.54, 1.807) is 0 Å². The van der Waals surface area contributed by atoms with Gasteiger partial charge in [0.25, 0.3) is 0 Å². The molecule has 3 heteroatoms. The van der Waals surface area contributed by atoms with Crippen LogP contribution in [-0.4, -0.2) is 25.0 Å². The third-order valence-corrected chi connectivity index (χ3v) is 3.04. The van der Waals surface area contributed by atoms with Crippen LogP contribution in [0.5, 0.6) is 0 Å². The van der Waals surface area contributed by atoms with Gasteiger partial charge in [-0.3, -0.25) is 0 Å². The SMILES string of the molecule is NC[C@H]1COC2(CCCCCC2)O1.